The summed E-state index contributed by atoms with van der Waals surface area (Å²) in [6, 6.07) is 5.24. The first-order valence-electron chi connectivity index (χ1n) is 5.82. The number of aromatic nitrogens is 1. The largest absolute Gasteiger partial charge is 0.370 e. The number of guanidine groups is 1. The first-order chi connectivity index (χ1) is 8.50. The molecule has 0 aromatic carbocycles. The highest BCUT2D eigenvalue weighted by molar-refractivity contribution is 5.93. The third-order valence-electron chi connectivity index (χ3n) is 2.27. The fraction of sp³-hybridized carbons (Fsp3) is 0.417. The lowest BCUT2D eigenvalue weighted by molar-refractivity contribution is 0.218. The van der Waals surface area contributed by atoms with Gasteiger partial charge in [-0.1, -0.05) is 6.07 Å². The van der Waals surface area contributed by atoms with E-state index in [2.05, 4.69) is 10.3 Å². The van der Waals surface area contributed by atoms with Crippen molar-refractivity contribution in [3.63, 3.8) is 0 Å². The zero-order valence-electron chi connectivity index (χ0n) is 10.7. The van der Waals surface area contributed by atoms with Crippen LogP contribution in [0.3, 0.4) is 0 Å². The van der Waals surface area contributed by atoms with Crippen molar-refractivity contribution >= 4 is 12.0 Å². The van der Waals surface area contributed by atoms with E-state index in [4.69, 9.17) is 11.1 Å². The predicted molar refractivity (Wildman–Crippen MR) is 70.2 cm³/mol. The highest BCUT2D eigenvalue weighted by Gasteiger charge is 2.16. The summed E-state index contributed by atoms with van der Waals surface area (Å²) in [6.07, 6.45) is 2.26. The molecule has 2 amide bonds. The number of carbonyl (C=O) groups is 1. The molecule has 0 saturated heterocycles. The van der Waals surface area contributed by atoms with Crippen LogP contribution in [0.4, 0.5) is 4.79 Å². The van der Waals surface area contributed by atoms with Gasteiger partial charge in [-0.05, 0) is 26.0 Å². The maximum Gasteiger partial charge on any atom is 0.324 e. The lowest BCUT2D eigenvalue weighted by atomic mass is 10.2. The van der Waals surface area contributed by atoms with E-state index in [9.17, 15) is 4.79 Å². The van der Waals surface area contributed by atoms with Gasteiger partial charge in [0.25, 0.3) is 0 Å². The Labute approximate surface area is 107 Å². The SMILES string of the molecule is CC(C)NC(=O)N(CCc1ccccn1)C(=N)N. The van der Waals surface area contributed by atoms with Gasteiger partial charge in [-0.25, -0.2) is 4.79 Å². The third-order valence-corrected chi connectivity index (χ3v) is 2.27. The van der Waals surface area contributed by atoms with Crippen molar-refractivity contribution in [1.82, 2.24) is 15.2 Å². The Morgan fingerprint density at radius 1 is 1.56 bits per heavy atom. The molecule has 1 rings (SSSR count). The molecule has 6 heteroatoms. The van der Waals surface area contributed by atoms with Gasteiger partial charge in [-0.15, -0.1) is 0 Å². The normalized spacial score (nSPS) is 10.2. The van der Waals surface area contributed by atoms with Gasteiger partial charge < -0.3 is 11.1 Å². The molecule has 0 spiro atoms. The van der Waals surface area contributed by atoms with E-state index in [1.165, 1.54) is 4.90 Å². The summed E-state index contributed by atoms with van der Waals surface area (Å²) in [6.45, 7) is 4.05. The van der Waals surface area contributed by atoms with E-state index in [0.717, 1.165) is 5.69 Å². The Kier molecular flexibility index (Phi) is 5.10. The van der Waals surface area contributed by atoms with Crippen LogP contribution in [0, 0.1) is 5.41 Å². The van der Waals surface area contributed by atoms with E-state index in [1.807, 2.05) is 32.0 Å². The lowest BCUT2D eigenvalue weighted by Crippen LogP contribution is -2.49. The maximum atomic E-state index is 11.8. The molecular formula is C12H19N5O. The molecule has 6 nitrogen and oxygen atoms in total. The molecule has 0 atom stereocenters. The Morgan fingerprint density at radius 2 is 2.28 bits per heavy atom. The molecule has 0 saturated carbocycles. The smallest absolute Gasteiger partial charge is 0.324 e. The number of rotatable bonds is 4. The van der Waals surface area contributed by atoms with Gasteiger partial charge in [0.15, 0.2) is 5.96 Å². The van der Waals surface area contributed by atoms with Gasteiger partial charge in [0.05, 0.1) is 0 Å². The molecule has 0 unspecified atom stereocenters. The van der Waals surface area contributed by atoms with Crippen molar-refractivity contribution in [2.24, 2.45) is 5.73 Å². The number of urea groups is 1. The van der Waals surface area contributed by atoms with Crippen LogP contribution in [0.15, 0.2) is 24.4 Å². The zero-order valence-corrected chi connectivity index (χ0v) is 10.7. The Bertz CT molecular complexity index is 404. The number of pyridine rings is 1. The molecular weight excluding hydrogens is 230 g/mol. The van der Waals surface area contributed by atoms with Gasteiger partial charge in [-0.2, -0.15) is 0 Å². The fourth-order valence-electron chi connectivity index (χ4n) is 1.43. The van der Waals surface area contributed by atoms with Crippen molar-refractivity contribution in [1.29, 1.82) is 5.41 Å². The molecule has 1 aromatic rings. The zero-order chi connectivity index (χ0) is 13.5. The summed E-state index contributed by atoms with van der Waals surface area (Å²) in [5.74, 6) is -0.260. The van der Waals surface area contributed by atoms with Crippen LogP contribution < -0.4 is 11.1 Å². The summed E-state index contributed by atoms with van der Waals surface area (Å²) >= 11 is 0. The van der Waals surface area contributed by atoms with Crippen molar-refractivity contribution in [3.05, 3.63) is 30.1 Å². The van der Waals surface area contributed by atoms with Gasteiger partial charge in [0.2, 0.25) is 0 Å². The molecule has 4 N–H and O–H groups in total. The van der Waals surface area contributed by atoms with Gasteiger partial charge >= 0.3 is 6.03 Å². The van der Waals surface area contributed by atoms with Crippen molar-refractivity contribution in [2.45, 2.75) is 26.3 Å². The van der Waals surface area contributed by atoms with Crippen LogP contribution in [0.25, 0.3) is 0 Å². The molecule has 98 valence electrons. The summed E-state index contributed by atoms with van der Waals surface area (Å²) in [5.41, 5.74) is 6.27. The molecule has 18 heavy (non-hydrogen) atoms. The number of nitrogens with one attached hydrogen (secondary N) is 2. The Balaban J connectivity index is 2.59. The Morgan fingerprint density at radius 3 is 2.78 bits per heavy atom. The maximum absolute atomic E-state index is 11.8. The predicted octanol–water partition coefficient (Wildman–Crippen LogP) is 0.938. The monoisotopic (exact) mass is 249 g/mol. The first-order valence-corrected chi connectivity index (χ1v) is 5.82. The summed E-state index contributed by atoms with van der Waals surface area (Å²) in [7, 11) is 0. The van der Waals surface area contributed by atoms with Crippen LogP contribution in [0.5, 0.6) is 0 Å². The van der Waals surface area contributed by atoms with Crippen LogP contribution in [0.1, 0.15) is 19.5 Å². The molecule has 1 aromatic heterocycles. The van der Waals surface area contributed by atoms with Gasteiger partial charge in [0.1, 0.15) is 0 Å². The molecule has 0 fully saturated rings. The molecule has 0 aliphatic heterocycles. The van der Waals surface area contributed by atoms with E-state index in [0.29, 0.717) is 13.0 Å². The van der Waals surface area contributed by atoms with E-state index in [-0.39, 0.29) is 18.0 Å². The topological polar surface area (TPSA) is 95.1 Å². The van der Waals surface area contributed by atoms with Crippen molar-refractivity contribution < 1.29 is 4.79 Å². The molecule has 0 radical (unpaired) electrons. The number of nitrogens with two attached hydrogens (primary N) is 1. The highest BCUT2D eigenvalue weighted by atomic mass is 16.2. The first kappa shape index (κ1) is 14.0. The Hall–Kier alpha value is -2.11. The summed E-state index contributed by atoms with van der Waals surface area (Å²) in [5, 5.41) is 10.1. The van der Waals surface area contributed by atoms with Crippen LogP contribution in [-0.4, -0.2) is 34.5 Å². The standard InChI is InChI=1S/C12H19N5O/c1-9(2)16-12(18)17(11(13)14)8-6-10-5-3-4-7-15-10/h3-5,7,9H,6,8H2,1-2H3,(H3,13,14)(H,16,18). The van der Waals surface area contributed by atoms with Crippen molar-refractivity contribution in [3.8, 4) is 0 Å². The average Bonchev–Trinajstić information content (AvgIpc) is 2.29. The molecule has 0 aliphatic carbocycles. The van der Waals surface area contributed by atoms with E-state index >= 15 is 0 Å². The molecule has 0 aliphatic rings. The van der Waals surface area contributed by atoms with Crippen LogP contribution in [0.2, 0.25) is 0 Å². The summed E-state index contributed by atoms with van der Waals surface area (Å²) in [4.78, 5) is 17.2. The number of amides is 2. The number of hydrogen-bond acceptors (Lipinski definition) is 3. The second-order valence-corrected chi connectivity index (χ2v) is 4.21. The highest BCUT2D eigenvalue weighted by Crippen LogP contribution is 1.98. The van der Waals surface area contributed by atoms with Crippen LogP contribution >= 0.6 is 0 Å². The minimum Gasteiger partial charge on any atom is -0.370 e. The van der Waals surface area contributed by atoms with Gasteiger partial charge in [0, 0.05) is 30.9 Å². The summed E-state index contributed by atoms with van der Waals surface area (Å²) < 4.78 is 0. The van der Waals surface area contributed by atoms with Gasteiger partial charge in [-0.3, -0.25) is 15.3 Å². The second kappa shape index (κ2) is 6.58. The number of carbonyl (C=O) groups excluding carboxylic acids is 1. The second-order valence-electron chi connectivity index (χ2n) is 4.21. The van der Waals surface area contributed by atoms with E-state index < -0.39 is 0 Å². The number of hydrogen-bond donors (Lipinski definition) is 3. The third kappa shape index (κ3) is 4.40. The molecule has 1 heterocycles. The van der Waals surface area contributed by atoms with E-state index in [1.54, 1.807) is 6.20 Å². The quantitative estimate of drug-likeness (QED) is 0.547. The minimum atomic E-state index is -0.353. The van der Waals surface area contributed by atoms with Crippen molar-refractivity contribution in [2.75, 3.05) is 6.54 Å². The molecule has 0 bridgehead atoms. The van der Waals surface area contributed by atoms with Crippen LogP contribution in [-0.2, 0) is 6.42 Å². The fourth-order valence-corrected chi connectivity index (χ4v) is 1.43. The lowest BCUT2D eigenvalue weighted by Gasteiger charge is -2.22. The minimum absolute atomic E-state index is 0.00852. The number of nitrogens with zero attached hydrogens (tertiary/aromatic N) is 2. The average molecular weight is 249 g/mol.